The fourth-order valence-electron chi connectivity index (χ4n) is 7.32. The Morgan fingerprint density at radius 3 is 0.982 bits per heavy atom. The van der Waals surface area contributed by atoms with Gasteiger partial charge in [-0.15, -0.1) is 0 Å². The molecule has 5 aromatic rings. The minimum atomic E-state index is -0.103. The van der Waals surface area contributed by atoms with Crippen molar-refractivity contribution in [1.82, 2.24) is 19.9 Å². The van der Waals surface area contributed by atoms with E-state index in [4.69, 9.17) is 9.97 Å². The number of fused-ring (bicyclic) bond motifs is 8. The average molecular weight is 737 g/mol. The lowest BCUT2D eigenvalue weighted by molar-refractivity contribution is 0.568. The van der Waals surface area contributed by atoms with Gasteiger partial charge in [-0.1, -0.05) is 119 Å². The summed E-state index contributed by atoms with van der Waals surface area (Å²) < 4.78 is 0. The van der Waals surface area contributed by atoms with E-state index in [9.17, 15) is 10.5 Å². The lowest BCUT2D eigenvalue weighted by Gasteiger charge is -2.26. The molecular weight excluding hydrogens is 685 g/mol. The highest BCUT2D eigenvalue weighted by molar-refractivity contribution is 5.95. The third-order valence-electron chi connectivity index (χ3n) is 10.9. The van der Waals surface area contributed by atoms with Gasteiger partial charge in [-0.25, -0.2) is 9.97 Å². The number of aromatic amines is 2. The van der Waals surface area contributed by atoms with E-state index >= 15 is 0 Å². The van der Waals surface area contributed by atoms with Crippen molar-refractivity contribution in [2.75, 3.05) is 0 Å². The summed E-state index contributed by atoms with van der Waals surface area (Å²) in [6.45, 7) is 26.8. The maximum atomic E-state index is 10.7. The first-order valence-corrected chi connectivity index (χ1v) is 19.4. The molecule has 6 heteroatoms. The first-order chi connectivity index (χ1) is 26.1. The standard InChI is InChI=1S/C50H52N6/c1-47(2,3)31-21-29(22-32(25-31)48(4,5)6)45-41-17-13-37(53-41)35(27-51)39-15-19-43(55-39)46(30-23-33(49(7,8)9)26-34(24-30)50(10,11)12)44-20-16-40(56-44)36(28-52)38-14-18-42(45)54-38/h13-26,53,56H,1-12H3. The highest BCUT2D eigenvalue weighted by Crippen LogP contribution is 2.40. The van der Waals surface area contributed by atoms with Gasteiger partial charge in [0.1, 0.15) is 23.3 Å². The fourth-order valence-corrected chi connectivity index (χ4v) is 7.32. The van der Waals surface area contributed by atoms with E-state index in [0.29, 0.717) is 33.5 Å². The molecule has 282 valence electrons. The van der Waals surface area contributed by atoms with Gasteiger partial charge < -0.3 is 9.97 Å². The van der Waals surface area contributed by atoms with E-state index in [0.717, 1.165) is 44.7 Å². The highest BCUT2D eigenvalue weighted by Gasteiger charge is 2.25. The Morgan fingerprint density at radius 1 is 0.411 bits per heavy atom. The normalized spacial score (nSPS) is 13.2. The van der Waals surface area contributed by atoms with Gasteiger partial charge in [0.25, 0.3) is 0 Å². The van der Waals surface area contributed by atoms with Gasteiger partial charge in [0, 0.05) is 22.2 Å². The molecule has 8 bridgehead atoms. The third-order valence-corrected chi connectivity index (χ3v) is 10.9. The summed E-state index contributed by atoms with van der Waals surface area (Å²) in [5, 5.41) is 21.4. The van der Waals surface area contributed by atoms with E-state index in [1.165, 1.54) is 22.3 Å². The van der Waals surface area contributed by atoms with Gasteiger partial charge >= 0.3 is 0 Å². The minimum absolute atomic E-state index is 0.103. The molecule has 0 saturated carbocycles. The monoisotopic (exact) mass is 736 g/mol. The maximum Gasteiger partial charge on any atom is 0.104 e. The maximum absolute atomic E-state index is 10.7. The van der Waals surface area contributed by atoms with Crippen molar-refractivity contribution in [2.45, 2.75) is 105 Å². The molecule has 0 atom stereocenters. The highest BCUT2D eigenvalue weighted by atomic mass is 14.8. The molecule has 0 unspecified atom stereocenters. The summed E-state index contributed by atoms with van der Waals surface area (Å²) in [6.07, 6.45) is 7.85. The molecule has 7 rings (SSSR count). The molecule has 5 heterocycles. The molecule has 0 amide bonds. The van der Waals surface area contributed by atoms with Crippen molar-refractivity contribution in [3.05, 3.63) is 117 Å². The topological polar surface area (TPSA) is 105 Å². The van der Waals surface area contributed by atoms with E-state index < -0.39 is 0 Å². The number of H-pyrrole nitrogens is 2. The van der Waals surface area contributed by atoms with Crippen LogP contribution in [0.25, 0.3) is 68.6 Å². The van der Waals surface area contributed by atoms with Crippen molar-refractivity contribution in [3.63, 3.8) is 0 Å². The largest absolute Gasteiger partial charge is 0.354 e. The van der Waals surface area contributed by atoms with Crippen LogP contribution in [0.3, 0.4) is 0 Å². The van der Waals surface area contributed by atoms with Crippen LogP contribution in [0.4, 0.5) is 0 Å². The third kappa shape index (κ3) is 7.13. The lowest BCUT2D eigenvalue weighted by Crippen LogP contribution is -2.16. The first kappa shape index (κ1) is 38.3. The Morgan fingerprint density at radius 2 is 0.696 bits per heavy atom. The molecule has 0 spiro atoms. The van der Waals surface area contributed by atoms with E-state index in [2.05, 4.69) is 142 Å². The van der Waals surface area contributed by atoms with Crippen LogP contribution in [0.1, 0.15) is 139 Å². The average Bonchev–Trinajstić information content (AvgIpc) is 3.94. The predicted octanol–water partition coefficient (Wildman–Crippen LogP) is 12.9. The van der Waals surface area contributed by atoms with Crippen LogP contribution < -0.4 is 0 Å². The van der Waals surface area contributed by atoms with Crippen molar-refractivity contribution < 1.29 is 0 Å². The van der Waals surface area contributed by atoms with Gasteiger partial charge in [-0.2, -0.15) is 10.5 Å². The first-order valence-electron chi connectivity index (χ1n) is 19.4. The molecule has 6 nitrogen and oxygen atoms in total. The van der Waals surface area contributed by atoms with E-state index in [-0.39, 0.29) is 21.7 Å². The van der Waals surface area contributed by atoms with Crippen molar-refractivity contribution in [1.29, 1.82) is 10.5 Å². The van der Waals surface area contributed by atoms with Crippen molar-refractivity contribution in [2.24, 2.45) is 0 Å². The second-order valence-electron chi connectivity index (χ2n) is 19.3. The summed E-state index contributed by atoms with van der Waals surface area (Å²) in [5.74, 6) is 0. The minimum Gasteiger partial charge on any atom is -0.354 e. The Labute approximate surface area is 331 Å². The van der Waals surface area contributed by atoms with Crippen LogP contribution in [0.2, 0.25) is 0 Å². The Balaban J connectivity index is 1.64. The van der Waals surface area contributed by atoms with Crippen molar-refractivity contribution in [3.8, 4) is 34.4 Å². The quantitative estimate of drug-likeness (QED) is 0.184. The lowest BCUT2D eigenvalue weighted by atomic mass is 9.78. The van der Waals surface area contributed by atoms with Crippen LogP contribution in [0, 0.1) is 22.7 Å². The van der Waals surface area contributed by atoms with Crippen LogP contribution in [-0.2, 0) is 21.7 Å². The second-order valence-corrected chi connectivity index (χ2v) is 19.3. The Hall–Kier alpha value is -5.98. The van der Waals surface area contributed by atoms with Crippen LogP contribution in [0.15, 0.2) is 60.7 Å². The molecular formula is C50H52N6. The number of nitrogens with zero attached hydrogens (tertiary/aromatic N) is 4. The molecule has 0 saturated heterocycles. The summed E-state index contributed by atoms with van der Waals surface area (Å²) in [6, 6.07) is 26.5. The van der Waals surface area contributed by atoms with Crippen LogP contribution in [0.5, 0.6) is 0 Å². The number of hydrogen-bond acceptors (Lipinski definition) is 4. The molecule has 3 aromatic heterocycles. The zero-order valence-electron chi connectivity index (χ0n) is 34.9. The number of nitriles is 2. The predicted molar refractivity (Wildman–Crippen MR) is 234 cm³/mol. The van der Waals surface area contributed by atoms with Crippen LogP contribution >= 0.6 is 0 Å². The van der Waals surface area contributed by atoms with Crippen LogP contribution in [-0.4, -0.2) is 19.9 Å². The Bertz CT molecular complexity index is 2490. The molecule has 56 heavy (non-hydrogen) atoms. The van der Waals surface area contributed by atoms with Gasteiger partial charge in [0.15, 0.2) is 0 Å². The summed E-state index contributed by atoms with van der Waals surface area (Å²) >= 11 is 0. The molecule has 2 aliphatic rings. The molecule has 2 aliphatic heterocycles. The van der Waals surface area contributed by atoms with Gasteiger partial charge in [0.05, 0.1) is 33.8 Å². The summed E-state index contributed by atoms with van der Waals surface area (Å²) in [4.78, 5) is 17.6. The fraction of sp³-hybridized carbons (Fsp3) is 0.320. The van der Waals surface area contributed by atoms with Crippen molar-refractivity contribution >= 4 is 46.4 Å². The number of hydrogen-bond donors (Lipinski definition) is 2. The number of rotatable bonds is 2. The second kappa shape index (κ2) is 13.3. The molecule has 2 N–H and O–H groups in total. The number of aromatic nitrogens is 4. The smallest absolute Gasteiger partial charge is 0.104 e. The van der Waals surface area contributed by atoms with E-state index in [1.54, 1.807) is 0 Å². The van der Waals surface area contributed by atoms with E-state index in [1.807, 2.05) is 48.6 Å². The number of nitrogens with one attached hydrogen (secondary N) is 2. The summed E-state index contributed by atoms with van der Waals surface area (Å²) in [5.41, 5.74) is 14.8. The molecule has 0 aliphatic carbocycles. The molecule has 0 radical (unpaired) electrons. The SMILES string of the molecule is CC(C)(C)c1cc(-c2c3nc(c(C#N)c4ccc([nH]4)c(-c4cc(C(C)(C)C)cc(C(C)(C)C)c4)c4nc(c(C#N)c5ccc2[nH]5)C=C4)C=C3)cc(C(C)(C)C)c1. The zero-order chi connectivity index (χ0) is 40.5. The van der Waals surface area contributed by atoms with Gasteiger partial charge in [-0.3, -0.25) is 0 Å². The summed E-state index contributed by atoms with van der Waals surface area (Å²) in [7, 11) is 0. The number of benzene rings is 2. The van der Waals surface area contributed by atoms with Gasteiger partial charge in [0.2, 0.25) is 0 Å². The molecule has 2 aromatic carbocycles. The zero-order valence-corrected chi connectivity index (χ0v) is 34.9. The van der Waals surface area contributed by atoms with Gasteiger partial charge in [-0.05, 0) is 104 Å². The molecule has 0 fully saturated rings. The Kier molecular flexibility index (Phi) is 9.13.